The Morgan fingerprint density at radius 2 is 1.83 bits per heavy atom. The molecular formula is C18H17N3O2S. The Morgan fingerprint density at radius 1 is 1.08 bits per heavy atom. The molecule has 24 heavy (non-hydrogen) atoms. The highest BCUT2D eigenvalue weighted by Crippen LogP contribution is 2.24. The van der Waals surface area contributed by atoms with Crippen LogP contribution in [-0.4, -0.2) is 11.0 Å². The number of thiazole rings is 1. The van der Waals surface area contributed by atoms with Crippen LogP contribution in [0.3, 0.4) is 0 Å². The highest BCUT2D eigenvalue weighted by Gasteiger charge is 2.05. The summed E-state index contributed by atoms with van der Waals surface area (Å²) in [6, 6.07) is 16.9. The summed E-state index contributed by atoms with van der Waals surface area (Å²) in [4.78, 5) is 15.4. The number of aromatic nitrogens is 1. The van der Waals surface area contributed by atoms with Crippen LogP contribution < -0.4 is 11.1 Å². The number of nitrogens with two attached hydrogens (primary N) is 1. The molecule has 5 nitrogen and oxygen atoms in total. The topological polar surface area (TPSA) is 77.2 Å². The van der Waals surface area contributed by atoms with Crippen molar-refractivity contribution >= 4 is 23.1 Å². The third kappa shape index (κ3) is 4.41. The van der Waals surface area contributed by atoms with Crippen molar-refractivity contribution in [2.45, 2.75) is 13.2 Å². The van der Waals surface area contributed by atoms with Gasteiger partial charge in [0.15, 0.2) is 0 Å². The Hall–Kier alpha value is -2.70. The molecule has 0 saturated carbocycles. The molecule has 0 spiro atoms. The molecule has 2 aromatic carbocycles. The van der Waals surface area contributed by atoms with Crippen LogP contribution in [0.1, 0.15) is 10.6 Å². The maximum absolute atomic E-state index is 10.8. The number of amides is 2. The largest absolute Gasteiger partial charge is 0.370 e. The molecule has 0 fully saturated rings. The van der Waals surface area contributed by atoms with Crippen molar-refractivity contribution in [3.8, 4) is 11.3 Å². The molecule has 0 radical (unpaired) electrons. The summed E-state index contributed by atoms with van der Waals surface area (Å²) in [5.41, 5.74) is 8.77. The number of urea groups is 1. The maximum Gasteiger partial charge on any atom is 0.316 e. The van der Waals surface area contributed by atoms with E-state index in [0.29, 0.717) is 18.9 Å². The molecule has 0 aliphatic rings. The van der Waals surface area contributed by atoms with Crippen molar-refractivity contribution in [2.75, 3.05) is 5.32 Å². The normalized spacial score (nSPS) is 10.5. The molecule has 1 heterocycles. The molecule has 0 atom stereocenters. The Bertz CT molecular complexity index is 801. The van der Waals surface area contributed by atoms with Gasteiger partial charge in [0.05, 0.1) is 18.9 Å². The van der Waals surface area contributed by atoms with Crippen molar-refractivity contribution in [1.82, 2.24) is 4.98 Å². The van der Waals surface area contributed by atoms with Crippen molar-refractivity contribution < 1.29 is 9.53 Å². The van der Waals surface area contributed by atoms with Gasteiger partial charge in [0.2, 0.25) is 0 Å². The van der Waals surface area contributed by atoms with Gasteiger partial charge in [0.25, 0.3) is 0 Å². The van der Waals surface area contributed by atoms with E-state index in [9.17, 15) is 4.79 Å². The lowest BCUT2D eigenvalue weighted by atomic mass is 10.1. The van der Waals surface area contributed by atoms with Crippen LogP contribution in [0.5, 0.6) is 0 Å². The zero-order chi connectivity index (χ0) is 16.8. The molecule has 0 aliphatic carbocycles. The number of benzene rings is 2. The van der Waals surface area contributed by atoms with Crippen LogP contribution in [0.25, 0.3) is 11.3 Å². The maximum atomic E-state index is 10.8. The number of rotatable bonds is 6. The molecule has 0 aliphatic heterocycles. The number of nitrogens with zero attached hydrogens (tertiary/aromatic N) is 1. The lowest BCUT2D eigenvalue weighted by Gasteiger charge is -2.03. The lowest BCUT2D eigenvalue weighted by molar-refractivity contribution is 0.107. The molecule has 1 aromatic heterocycles. The molecule has 2 amide bonds. The minimum Gasteiger partial charge on any atom is -0.370 e. The monoisotopic (exact) mass is 339 g/mol. The summed E-state index contributed by atoms with van der Waals surface area (Å²) in [7, 11) is 0. The fourth-order valence-corrected chi connectivity index (χ4v) is 2.95. The summed E-state index contributed by atoms with van der Waals surface area (Å²) in [6.07, 6.45) is 0. The zero-order valence-corrected chi connectivity index (χ0v) is 13.8. The van der Waals surface area contributed by atoms with Crippen LogP contribution in [0.15, 0.2) is 60.0 Å². The SMILES string of the molecule is NC(=O)Nc1ccc(-c2csc(COCc3ccccc3)n2)cc1. The van der Waals surface area contributed by atoms with Gasteiger partial charge in [0, 0.05) is 16.6 Å². The van der Waals surface area contributed by atoms with Gasteiger partial charge in [-0.15, -0.1) is 11.3 Å². The first kappa shape index (κ1) is 16.2. The molecule has 6 heteroatoms. The van der Waals surface area contributed by atoms with E-state index in [1.165, 1.54) is 0 Å². The van der Waals surface area contributed by atoms with Crippen molar-refractivity contribution in [1.29, 1.82) is 0 Å². The standard InChI is InChI=1S/C18H17N3O2S/c19-18(22)20-15-8-6-14(7-9-15)16-12-24-17(21-16)11-23-10-13-4-2-1-3-5-13/h1-9,12H,10-11H2,(H3,19,20,22). The van der Waals surface area contributed by atoms with Crippen LogP contribution in [0.2, 0.25) is 0 Å². The van der Waals surface area contributed by atoms with Gasteiger partial charge in [-0.1, -0.05) is 42.5 Å². The van der Waals surface area contributed by atoms with E-state index in [2.05, 4.69) is 10.3 Å². The average molecular weight is 339 g/mol. The van der Waals surface area contributed by atoms with E-state index in [1.54, 1.807) is 23.5 Å². The van der Waals surface area contributed by atoms with Gasteiger partial charge in [-0.3, -0.25) is 0 Å². The molecule has 3 N–H and O–H groups in total. The Labute approximate surface area is 144 Å². The van der Waals surface area contributed by atoms with E-state index >= 15 is 0 Å². The molecule has 122 valence electrons. The van der Waals surface area contributed by atoms with Crippen LogP contribution in [-0.2, 0) is 18.0 Å². The third-order valence-corrected chi connectivity index (χ3v) is 4.16. The second-order valence-corrected chi connectivity index (χ2v) is 6.11. The number of hydrogen-bond donors (Lipinski definition) is 2. The molecule has 3 rings (SSSR count). The minimum atomic E-state index is -0.575. The highest BCUT2D eigenvalue weighted by molar-refractivity contribution is 7.09. The smallest absolute Gasteiger partial charge is 0.316 e. The summed E-state index contributed by atoms with van der Waals surface area (Å²) in [6.45, 7) is 1.06. The first-order valence-corrected chi connectivity index (χ1v) is 8.31. The van der Waals surface area contributed by atoms with E-state index in [-0.39, 0.29) is 0 Å². The van der Waals surface area contributed by atoms with Crippen LogP contribution in [0.4, 0.5) is 10.5 Å². The van der Waals surface area contributed by atoms with Gasteiger partial charge >= 0.3 is 6.03 Å². The third-order valence-electron chi connectivity index (χ3n) is 3.34. The van der Waals surface area contributed by atoms with E-state index in [1.807, 2.05) is 47.8 Å². The molecule has 0 unspecified atom stereocenters. The van der Waals surface area contributed by atoms with Crippen molar-refractivity contribution in [3.05, 3.63) is 70.5 Å². The van der Waals surface area contributed by atoms with Gasteiger partial charge in [-0.25, -0.2) is 9.78 Å². The quantitative estimate of drug-likeness (QED) is 0.712. The summed E-state index contributed by atoms with van der Waals surface area (Å²) in [5, 5.41) is 5.46. The van der Waals surface area contributed by atoms with E-state index < -0.39 is 6.03 Å². The van der Waals surface area contributed by atoms with Crippen molar-refractivity contribution in [3.63, 3.8) is 0 Å². The first-order chi connectivity index (χ1) is 11.7. The zero-order valence-electron chi connectivity index (χ0n) is 12.9. The minimum absolute atomic E-state index is 0.487. The fraction of sp³-hybridized carbons (Fsp3) is 0.111. The number of anilines is 1. The summed E-state index contributed by atoms with van der Waals surface area (Å²) in [5.74, 6) is 0. The lowest BCUT2D eigenvalue weighted by Crippen LogP contribution is -2.19. The first-order valence-electron chi connectivity index (χ1n) is 7.44. The van der Waals surface area contributed by atoms with Crippen molar-refractivity contribution in [2.24, 2.45) is 5.73 Å². The fourth-order valence-electron chi connectivity index (χ4n) is 2.21. The van der Waals surface area contributed by atoms with Gasteiger partial charge in [0.1, 0.15) is 5.01 Å². The van der Waals surface area contributed by atoms with E-state index in [0.717, 1.165) is 21.8 Å². The molecule has 3 aromatic rings. The number of nitrogens with one attached hydrogen (secondary N) is 1. The van der Waals surface area contributed by atoms with Gasteiger partial charge in [-0.2, -0.15) is 0 Å². The summed E-state index contributed by atoms with van der Waals surface area (Å²) >= 11 is 1.57. The number of ether oxygens (including phenoxy) is 1. The van der Waals surface area contributed by atoms with Gasteiger partial charge < -0.3 is 15.8 Å². The summed E-state index contributed by atoms with van der Waals surface area (Å²) < 4.78 is 5.70. The van der Waals surface area contributed by atoms with Crippen LogP contribution >= 0.6 is 11.3 Å². The second-order valence-electron chi connectivity index (χ2n) is 5.17. The average Bonchev–Trinajstić information content (AvgIpc) is 3.05. The highest BCUT2D eigenvalue weighted by atomic mass is 32.1. The second kappa shape index (κ2) is 7.72. The predicted molar refractivity (Wildman–Crippen MR) is 95.7 cm³/mol. The van der Waals surface area contributed by atoms with Crippen LogP contribution in [0, 0.1) is 0 Å². The number of hydrogen-bond acceptors (Lipinski definition) is 4. The number of carbonyl (C=O) groups excluding carboxylic acids is 1. The number of carbonyl (C=O) groups is 1. The predicted octanol–water partition coefficient (Wildman–Crippen LogP) is 4.02. The Balaban J connectivity index is 1.57. The van der Waals surface area contributed by atoms with E-state index in [4.69, 9.17) is 10.5 Å². The molecular weight excluding hydrogens is 322 g/mol. The molecule has 0 saturated heterocycles. The molecule has 0 bridgehead atoms. The van der Waals surface area contributed by atoms with Gasteiger partial charge in [-0.05, 0) is 17.7 Å². The number of primary amides is 1. The Kier molecular flexibility index (Phi) is 5.20. The Morgan fingerprint density at radius 3 is 2.54 bits per heavy atom.